The lowest BCUT2D eigenvalue weighted by atomic mass is 9.97. The number of fused-ring (bicyclic) bond motifs is 4. The van der Waals surface area contributed by atoms with Gasteiger partial charge in [-0.2, -0.15) is 8.78 Å². The molecule has 47 heavy (non-hydrogen) atoms. The number of likely N-dealkylation sites (tertiary alicyclic amines) is 1. The Labute approximate surface area is 271 Å². The van der Waals surface area contributed by atoms with Gasteiger partial charge in [0.1, 0.15) is 17.9 Å². The molecule has 4 N–H and O–H groups in total. The fourth-order valence-corrected chi connectivity index (χ4v) is 9.00. The molecular weight excluding hydrogens is 651 g/mol. The van der Waals surface area contributed by atoms with E-state index in [0.29, 0.717) is 42.5 Å². The lowest BCUT2D eigenvalue weighted by Crippen LogP contribution is -2.59. The molecule has 0 bridgehead atoms. The summed E-state index contributed by atoms with van der Waals surface area (Å²) >= 11 is 1.04. The summed E-state index contributed by atoms with van der Waals surface area (Å²) in [6.07, 6.45) is 3.57. The highest BCUT2D eigenvalue weighted by molar-refractivity contribution is 7.52. The Morgan fingerprint density at radius 2 is 1.81 bits per heavy atom. The van der Waals surface area contributed by atoms with Crippen molar-refractivity contribution >= 4 is 57.8 Å². The molecule has 4 fully saturated rings. The molecule has 0 radical (unpaired) electrons. The Morgan fingerprint density at radius 3 is 2.57 bits per heavy atom. The number of carbonyl (C=O) groups excluding carboxylic acids is 3. The highest BCUT2D eigenvalue weighted by Crippen LogP contribution is 2.59. The molecule has 246 valence electrons. The lowest BCUT2D eigenvalue weighted by molar-refractivity contribution is -0.149. The van der Waals surface area contributed by atoms with E-state index in [1.807, 2.05) is 24.3 Å². The number of hydrogen-bond donors (Lipinski definition) is 4. The third-order valence-electron chi connectivity index (χ3n) is 10.3. The van der Waals surface area contributed by atoms with Crippen molar-refractivity contribution in [3.05, 3.63) is 64.8 Å². The zero-order valence-corrected chi connectivity index (χ0v) is 26.7. The third kappa shape index (κ3) is 5.26. The van der Waals surface area contributed by atoms with Crippen LogP contribution in [0, 0.1) is 11.8 Å². The molecule has 3 aliphatic heterocycles. The van der Waals surface area contributed by atoms with Gasteiger partial charge in [0.25, 0.3) is 5.91 Å². The van der Waals surface area contributed by atoms with Crippen molar-refractivity contribution in [2.75, 3.05) is 13.1 Å². The molecule has 11 nitrogen and oxygen atoms in total. The van der Waals surface area contributed by atoms with Crippen LogP contribution in [0.1, 0.15) is 59.1 Å². The van der Waals surface area contributed by atoms with Crippen molar-refractivity contribution < 1.29 is 37.5 Å². The van der Waals surface area contributed by atoms with Gasteiger partial charge >= 0.3 is 13.3 Å². The second-order valence-electron chi connectivity index (χ2n) is 13.3. The summed E-state index contributed by atoms with van der Waals surface area (Å²) < 4.78 is 40.5. The molecular formula is C32H32F2N5O6PS. The van der Waals surface area contributed by atoms with E-state index in [9.17, 15) is 27.7 Å². The highest BCUT2D eigenvalue weighted by Gasteiger charge is 2.53. The standard InChI is InChI=1S/C32H32F2N5O6PS/c33-32(34,46(43,44)45)20-5-8-26-18(10-20)13-27(47-26)29(40)37-24-12-17-9-16(17)11-21-6-7-25(39(21)30(24)41)31(42)38-14-19(15-38)28-35-22-3-1-2-4-23(22)36-28/h1-5,8,10,13,16-17,19,21,24-25H,6-7,9,11-12,14-15H2,(H,35,36)(H,37,40)(H2,43,44,45)/t16-,17+,21+,24-,25-/m0/s1. The minimum atomic E-state index is -5.75. The van der Waals surface area contributed by atoms with E-state index in [-0.39, 0.29) is 34.0 Å². The fraction of sp³-hybridized carbons (Fsp3) is 0.438. The number of alkyl halides is 2. The van der Waals surface area contributed by atoms with Crippen molar-refractivity contribution in [3.63, 3.8) is 0 Å². The molecule has 3 saturated heterocycles. The van der Waals surface area contributed by atoms with Gasteiger partial charge in [0.15, 0.2) is 0 Å². The zero-order chi connectivity index (χ0) is 32.8. The van der Waals surface area contributed by atoms with Gasteiger partial charge in [-0.1, -0.05) is 18.2 Å². The number of aromatic nitrogens is 2. The summed E-state index contributed by atoms with van der Waals surface area (Å²) in [7, 11) is -5.75. The Hall–Kier alpha value is -3.71. The van der Waals surface area contributed by atoms with E-state index in [1.165, 1.54) is 12.1 Å². The van der Waals surface area contributed by atoms with Crippen molar-refractivity contribution in [1.82, 2.24) is 25.1 Å². The van der Waals surface area contributed by atoms with Crippen LogP contribution in [0.2, 0.25) is 0 Å². The van der Waals surface area contributed by atoms with Crippen LogP contribution < -0.4 is 5.32 Å². The van der Waals surface area contributed by atoms with E-state index < -0.39 is 36.8 Å². The maximum atomic E-state index is 14.3. The Kier molecular flexibility index (Phi) is 7.11. The van der Waals surface area contributed by atoms with Gasteiger partial charge in [-0.25, -0.2) is 4.98 Å². The van der Waals surface area contributed by atoms with Crippen LogP contribution in [0.15, 0.2) is 48.5 Å². The number of halogens is 2. The Balaban J connectivity index is 0.981. The van der Waals surface area contributed by atoms with E-state index in [1.54, 1.807) is 9.80 Å². The molecule has 5 heterocycles. The van der Waals surface area contributed by atoms with Gasteiger partial charge in [-0.3, -0.25) is 18.9 Å². The maximum absolute atomic E-state index is 14.3. The summed E-state index contributed by atoms with van der Waals surface area (Å²) in [4.78, 5) is 71.3. The number of hydrogen-bond acceptors (Lipinski definition) is 6. The van der Waals surface area contributed by atoms with Crippen LogP contribution in [0.4, 0.5) is 8.78 Å². The summed E-state index contributed by atoms with van der Waals surface area (Å²) in [5.74, 6) is 0.774. The fourth-order valence-electron chi connectivity index (χ4n) is 7.58. The third-order valence-corrected chi connectivity index (χ3v) is 12.4. The van der Waals surface area contributed by atoms with Crippen LogP contribution in [-0.4, -0.2) is 78.5 Å². The summed E-state index contributed by atoms with van der Waals surface area (Å²) in [5.41, 5.74) is -3.39. The van der Waals surface area contributed by atoms with Crippen LogP contribution >= 0.6 is 18.9 Å². The smallest absolute Gasteiger partial charge is 0.342 e. The zero-order valence-electron chi connectivity index (χ0n) is 25.0. The number of nitrogens with one attached hydrogen (secondary N) is 2. The van der Waals surface area contributed by atoms with Gasteiger partial charge < -0.3 is 29.9 Å². The SMILES string of the molecule is O=C(N[C@H]1C[C@H]2C[C@H]2C[C@H]2CC[C@@H](C(=O)N3CC(c4nc5ccccc5[nH]4)C3)N2C1=O)c1cc2cc(C(F)(F)P(=O)(O)O)ccc2s1. The predicted molar refractivity (Wildman–Crippen MR) is 169 cm³/mol. The molecule has 3 amide bonds. The molecule has 2 aromatic heterocycles. The number of rotatable bonds is 6. The predicted octanol–water partition coefficient (Wildman–Crippen LogP) is 4.52. The largest absolute Gasteiger partial charge is 0.399 e. The normalized spacial score (nSPS) is 26.5. The molecule has 1 saturated carbocycles. The highest BCUT2D eigenvalue weighted by atomic mass is 32.1. The van der Waals surface area contributed by atoms with Gasteiger partial charge in [0.2, 0.25) is 11.8 Å². The van der Waals surface area contributed by atoms with Crippen LogP contribution in [0.5, 0.6) is 0 Å². The van der Waals surface area contributed by atoms with Gasteiger partial charge in [0, 0.05) is 29.4 Å². The van der Waals surface area contributed by atoms with Crippen molar-refractivity contribution in [2.45, 2.75) is 61.8 Å². The minimum absolute atomic E-state index is 0.0722. The number of nitrogens with zero attached hydrogens (tertiary/aromatic N) is 3. The number of benzene rings is 2. The number of para-hydroxylation sites is 2. The monoisotopic (exact) mass is 683 g/mol. The molecule has 8 rings (SSSR count). The number of imidazole rings is 1. The molecule has 4 aliphatic rings. The van der Waals surface area contributed by atoms with Gasteiger partial charge in [-0.05, 0) is 79.7 Å². The van der Waals surface area contributed by atoms with Gasteiger partial charge in [0.05, 0.1) is 21.8 Å². The summed E-state index contributed by atoms with van der Waals surface area (Å²) in [5, 5.41) is 3.11. The average Bonchev–Trinajstić information content (AvgIpc) is 3.34. The van der Waals surface area contributed by atoms with Crippen LogP contribution in [0.3, 0.4) is 0 Å². The minimum Gasteiger partial charge on any atom is -0.342 e. The molecule has 15 heteroatoms. The first-order chi connectivity index (χ1) is 22.4. The van der Waals surface area contributed by atoms with Crippen LogP contribution in [-0.2, 0) is 19.8 Å². The maximum Gasteiger partial charge on any atom is 0.399 e. The first kappa shape index (κ1) is 30.6. The van der Waals surface area contributed by atoms with E-state index in [4.69, 9.17) is 9.79 Å². The van der Waals surface area contributed by atoms with Gasteiger partial charge in [-0.15, -0.1) is 11.3 Å². The van der Waals surface area contributed by atoms with E-state index >= 15 is 0 Å². The number of carbonyl (C=O) groups is 3. The van der Waals surface area contributed by atoms with Crippen molar-refractivity contribution in [3.8, 4) is 0 Å². The number of amides is 3. The molecule has 0 unspecified atom stereocenters. The molecule has 1 aliphatic carbocycles. The first-order valence-corrected chi connectivity index (χ1v) is 18.1. The number of aromatic amines is 1. The number of thiophene rings is 1. The van der Waals surface area contributed by atoms with Crippen molar-refractivity contribution in [2.24, 2.45) is 11.8 Å². The summed E-state index contributed by atoms with van der Waals surface area (Å²) in [6, 6.07) is 10.9. The lowest BCUT2D eigenvalue weighted by Gasteiger charge is -2.42. The Morgan fingerprint density at radius 1 is 1.04 bits per heavy atom. The van der Waals surface area contributed by atoms with E-state index in [0.717, 1.165) is 59.6 Å². The Bertz CT molecular complexity index is 1960. The second-order valence-corrected chi connectivity index (χ2v) is 16.0. The summed E-state index contributed by atoms with van der Waals surface area (Å²) in [6.45, 7) is 1.03. The van der Waals surface area contributed by atoms with E-state index in [2.05, 4.69) is 15.3 Å². The molecule has 5 atom stereocenters. The average molecular weight is 684 g/mol. The molecule has 4 aromatic rings. The number of H-pyrrole nitrogens is 1. The van der Waals surface area contributed by atoms with Crippen LogP contribution in [0.25, 0.3) is 21.1 Å². The quantitative estimate of drug-likeness (QED) is 0.218. The molecule has 2 aromatic carbocycles. The topological polar surface area (TPSA) is 156 Å². The first-order valence-electron chi connectivity index (χ1n) is 15.7. The van der Waals surface area contributed by atoms with Crippen molar-refractivity contribution in [1.29, 1.82) is 0 Å². The second kappa shape index (κ2) is 10.9. The molecule has 0 spiro atoms.